The summed E-state index contributed by atoms with van der Waals surface area (Å²) in [7, 11) is 0. The van der Waals surface area contributed by atoms with Gasteiger partial charge in [-0.3, -0.25) is 4.79 Å². The van der Waals surface area contributed by atoms with Gasteiger partial charge < -0.3 is 15.6 Å². The third kappa shape index (κ3) is 3.67. The molecule has 2 aromatic heterocycles. The fourth-order valence-corrected chi connectivity index (χ4v) is 4.03. The van der Waals surface area contributed by atoms with Crippen molar-refractivity contribution in [1.82, 2.24) is 15.3 Å². The Morgan fingerprint density at radius 3 is 2.85 bits per heavy atom. The molecule has 1 aliphatic rings. The van der Waals surface area contributed by atoms with Crippen molar-refractivity contribution in [3.63, 3.8) is 0 Å². The molecular formula is C21H23IN4O. The molecule has 3 aromatic rings. The fraction of sp³-hybridized carbons (Fsp3) is 0.333. The van der Waals surface area contributed by atoms with Crippen molar-refractivity contribution >= 4 is 50.9 Å². The van der Waals surface area contributed by atoms with Gasteiger partial charge >= 0.3 is 0 Å². The molecule has 2 heterocycles. The van der Waals surface area contributed by atoms with Crippen LogP contribution in [0.3, 0.4) is 0 Å². The summed E-state index contributed by atoms with van der Waals surface area (Å²) in [6, 6.07) is 8.13. The minimum atomic E-state index is -0.0395. The van der Waals surface area contributed by atoms with Gasteiger partial charge in [0.05, 0.1) is 11.1 Å². The van der Waals surface area contributed by atoms with Crippen molar-refractivity contribution < 1.29 is 4.79 Å². The molecule has 6 heteroatoms. The maximum absolute atomic E-state index is 12.8. The monoisotopic (exact) mass is 474 g/mol. The highest BCUT2D eigenvalue weighted by atomic mass is 127. The van der Waals surface area contributed by atoms with Crippen LogP contribution >= 0.6 is 22.6 Å². The number of hydrogen-bond acceptors (Lipinski definition) is 3. The largest absolute Gasteiger partial charge is 0.355 e. The van der Waals surface area contributed by atoms with E-state index in [0.717, 1.165) is 43.8 Å². The van der Waals surface area contributed by atoms with Crippen molar-refractivity contribution in [1.29, 1.82) is 0 Å². The number of carbonyl (C=O) groups excluding carboxylic acids is 1. The molecule has 27 heavy (non-hydrogen) atoms. The molecule has 0 bridgehead atoms. The van der Waals surface area contributed by atoms with Gasteiger partial charge in [-0.1, -0.05) is 12.5 Å². The maximum Gasteiger partial charge on any atom is 0.253 e. The summed E-state index contributed by atoms with van der Waals surface area (Å²) in [5.74, 6) is 1.33. The van der Waals surface area contributed by atoms with E-state index in [4.69, 9.17) is 0 Å². The Morgan fingerprint density at radius 1 is 1.33 bits per heavy atom. The summed E-state index contributed by atoms with van der Waals surface area (Å²) in [6.07, 6.45) is 5.40. The van der Waals surface area contributed by atoms with Crippen LogP contribution in [0.5, 0.6) is 0 Å². The molecule has 0 aliphatic heterocycles. The zero-order valence-corrected chi connectivity index (χ0v) is 17.7. The number of hydrogen-bond donors (Lipinski definition) is 3. The van der Waals surface area contributed by atoms with Gasteiger partial charge in [0.2, 0.25) is 0 Å². The molecule has 5 nitrogen and oxygen atoms in total. The summed E-state index contributed by atoms with van der Waals surface area (Å²) in [6.45, 7) is 4.83. The summed E-state index contributed by atoms with van der Waals surface area (Å²) >= 11 is 2.29. The van der Waals surface area contributed by atoms with Gasteiger partial charge in [0.1, 0.15) is 0 Å². The van der Waals surface area contributed by atoms with Crippen LogP contribution in [-0.2, 0) is 0 Å². The van der Waals surface area contributed by atoms with E-state index < -0.39 is 0 Å². The van der Waals surface area contributed by atoms with E-state index in [2.05, 4.69) is 49.3 Å². The SMILES string of the molecule is Cc1[nH]c2c(Nc3cccc(I)c3)ncc(C(=O)NCC3CCC3)c2c1C. The number of carbonyl (C=O) groups is 1. The highest BCUT2D eigenvalue weighted by Gasteiger charge is 2.21. The molecule has 140 valence electrons. The molecule has 1 saturated carbocycles. The Morgan fingerprint density at radius 2 is 2.15 bits per heavy atom. The number of nitrogens with zero attached hydrogens (tertiary/aromatic N) is 1. The quantitative estimate of drug-likeness (QED) is 0.453. The van der Waals surface area contributed by atoms with Crippen LogP contribution in [0.1, 0.15) is 40.9 Å². The summed E-state index contributed by atoms with van der Waals surface area (Å²) in [5.41, 5.74) is 4.63. The molecule has 0 radical (unpaired) electrons. The van der Waals surface area contributed by atoms with Crippen LogP contribution in [0.15, 0.2) is 30.5 Å². The number of amides is 1. The van der Waals surface area contributed by atoms with Gasteiger partial charge in [-0.15, -0.1) is 0 Å². The van der Waals surface area contributed by atoms with Gasteiger partial charge in [-0.2, -0.15) is 0 Å². The first-order valence-corrected chi connectivity index (χ1v) is 10.4. The molecule has 1 amide bonds. The van der Waals surface area contributed by atoms with Gasteiger partial charge in [0, 0.05) is 33.1 Å². The van der Waals surface area contributed by atoms with E-state index in [1.165, 1.54) is 19.3 Å². The van der Waals surface area contributed by atoms with Crippen molar-refractivity contribution in [3.8, 4) is 0 Å². The van der Waals surface area contributed by atoms with Crippen molar-refractivity contribution in [2.24, 2.45) is 5.92 Å². The second-order valence-corrected chi connectivity index (χ2v) is 8.53. The van der Waals surface area contributed by atoms with Crippen LogP contribution in [0.2, 0.25) is 0 Å². The number of pyridine rings is 1. The highest BCUT2D eigenvalue weighted by molar-refractivity contribution is 14.1. The molecule has 0 atom stereocenters. The zero-order chi connectivity index (χ0) is 19.0. The average Bonchev–Trinajstić information content (AvgIpc) is 2.90. The van der Waals surface area contributed by atoms with E-state index >= 15 is 0 Å². The Hall–Kier alpha value is -2.09. The Bertz CT molecular complexity index is 1010. The van der Waals surface area contributed by atoms with Crippen LogP contribution in [0.4, 0.5) is 11.5 Å². The van der Waals surface area contributed by atoms with Crippen molar-refractivity contribution in [2.45, 2.75) is 33.1 Å². The molecule has 1 aliphatic carbocycles. The fourth-order valence-electron chi connectivity index (χ4n) is 3.49. The first-order chi connectivity index (χ1) is 13.0. The van der Waals surface area contributed by atoms with Gasteiger partial charge in [0.25, 0.3) is 5.91 Å². The number of H-pyrrole nitrogens is 1. The van der Waals surface area contributed by atoms with Crippen LogP contribution in [0.25, 0.3) is 10.9 Å². The Kier molecular flexibility index (Phi) is 5.08. The Labute approximate surface area is 172 Å². The standard InChI is InChI=1S/C21H23IN4O/c1-12-13(2)25-19-18(12)17(21(27)24-10-14-5-3-6-14)11-23-20(19)26-16-8-4-7-15(22)9-16/h4,7-9,11,14,25H,3,5-6,10H2,1-2H3,(H,23,26)(H,24,27). The lowest BCUT2D eigenvalue weighted by Gasteiger charge is -2.25. The number of aromatic amines is 1. The highest BCUT2D eigenvalue weighted by Crippen LogP contribution is 2.31. The van der Waals surface area contributed by atoms with E-state index in [1.807, 2.05) is 32.0 Å². The minimum absolute atomic E-state index is 0.0395. The van der Waals surface area contributed by atoms with E-state index in [1.54, 1.807) is 6.20 Å². The number of halogens is 1. The number of rotatable bonds is 5. The van der Waals surface area contributed by atoms with Gasteiger partial charge in [-0.25, -0.2) is 4.98 Å². The summed E-state index contributed by atoms with van der Waals surface area (Å²) in [5, 5.41) is 7.42. The lowest BCUT2D eigenvalue weighted by atomic mass is 9.85. The predicted molar refractivity (Wildman–Crippen MR) is 118 cm³/mol. The number of aromatic nitrogens is 2. The number of benzene rings is 1. The molecule has 0 saturated heterocycles. The molecule has 1 fully saturated rings. The van der Waals surface area contributed by atoms with Crippen LogP contribution in [-0.4, -0.2) is 22.4 Å². The Balaban J connectivity index is 1.68. The summed E-state index contributed by atoms with van der Waals surface area (Å²) in [4.78, 5) is 20.8. The molecule has 0 unspecified atom stereocenters. The van der Waals surface area contributed by atoms with Gasteiger partial charge in [-0.05, 0) is 79.0 Å². The first kappa shape index (κ1) is 18.3. The first-order valence-electron chi connectivity index (χ1n) is 9.31. The molecule has 0 spiro atoms. The lowest BCUT2D eigenvalue weighted by Crippen LogP contribution is -2.32. The second kappa shape index (κ2) is 7.50. The van der Waals surface area contributed by atoms with Crippen molar-refractivity contribution in [2.75, 3.05) is 11.9 Å². The number of fused-ring (bicyclic) bond motifs is 1. The second-order valence-electron chi connectivity index (χ2n) is 7.29. The third-order valence-corrected chi connectivity index (χ3v) is 6.11. The molecule has 3 N–H and O–H groups in total. The van der Waals surface area contributed by atoms with Crippen LogP contribution < -0.4 is 10.6 Å². The van der Waals surface area contributed by atoms with E-state index in [-0.39, 0.29) is 5.91 Å². The maximum atomic E-state index is 12.8. The number of anilines is 2. The third-order valence-electron chi connectivity index (χ3n) is 5.44. The van der Waals surface area contributed by atoms with Gasteiger partial charge in [0.15, 0.2) is 5.82 Å². The van der Waals surface area contributed by atoms with E-state index in [0.29, 0.717) is 11.5 Å². The number of aryl methyl sites for hydroxylation is 2. The lowest BCUT2D eigenvalue weighted by molar-refractivity contribution is 0.0940. The average molecular weight is 474 g/mol. The minimum Gasteiger partial charge on any atom is -0.355 e. The molecule has 4 rings (SSSR count). The number of nitrogens with one attached hydrogen (secondary N) is 3. The van der Waals surface area contributed by atoms with Crippen LogP contribution in [0, 0.1) is 23.3 Å². The van der Waals surface area contributed by atoms with Crippen molar-refractivity contribution in [3.05, 3.63) is 50.9 Å². The zero-order valence-electron chi connectivity index (χ0n) is 15.5. The molecule has 1 aromatic carbocycles. The summed E-state index contributed by atoms with van der Waals surface area (Å²) < 4.78 is 1.15. The smallest absolute Gasteiger partial charge is 0.253 e. The molecular weight excluding hydrogens is 451 g/mol. The van der Waals surface area contributed by atoms with E-state index in [9.17, 15) is 4.79 Å². The normalized spacial score (nSPS) is 14.2. The topological polar surface area (TPSA) is 69.8 Å². The predicted octanol–water partition coefficient (Wildman–Crippen LogP) is 5.06.